The third kappa shape index (κ3) is 4.24. The number of cyclic esters (lactones) is 1. The molecule has 0 radical (unpaired) electrons. The van der Waals surface area contributed by atoms with E-state index in [1.807, 2.05) is 24.4 Å². The van der Waals surface area contributed by atoms with Gasteiger partial charge in [-0.05, 0) is 56.7 Å². The van der Waals surface area contributed by atoms with Crippen molar-refractivity contribution in [3.63, 3.8) is 0 Å². The van der Waals surface area contributed by atoms with Crippen molar-refractivity contribution in [3.05, 3.63) is 48.2 Å². The molecular weight excluding hydrogens is 364 g/mol. The highest BCUT2D eigenvalue weighted by Crippen LogP contribution is 2.41. The van der Waals surface area contributed by atoms with Crippen molar-refractivity contribution in [1.82, 2.24) is 9.88 Å². The van der Waals surface area contributed by atoms with Crippen molar-refractivity contribution in [1.29, 1.82) is 0 Å². The maximum Gasteiger partial charge on any atom is 0.417 e. The van der Waals surface area contributed by atoms with Crippen LogP contribution in [0.25, 0.3) is 10.9 Å². The molecule has 2 aromatic rings. The molecule has 1 fully saturated rings. The molecule has 0 unspecified atom stereocenters. The number of imide groups is 1. The Balaban J connectivity index is 2.03. The monoisotopic (exact) mass is 396 g/mol. The summed E-state index contributed by atoms with van der Waals surface area (Å²) in [5.74, 6) is -0.294. The number of rotatable bonds is 9. The molecule has 29 heavy (non-hydrogen) atoms. The van der Waals surface area contributed by atoms with Crippen LogP contribution < -0.4 is 0 Å². The van der Waals surface area contributed by atoms with Crippen LogP contribution in [0.3, 0.4) is 0 Å². The molecule has 1 saturated heterocycles. The first-order valence-corrected chi connectivity index (χ1v) is 10.8. The SMILES string of the molecule is C/C=C/C(=O)N1C(=O)OC(CCCC)(CCCC)[C@@H]1Cc1c[nH]c2ccccc12. The third-order valence-electron chi connectivity index (χ3n) is 5.95. The minimum atomic E-state index is -0.626. The smallest absolute Gasteiger partial charge is 0.417 e. The van der Waals surface area contributed by atoms with Crippen molar-refractivity contribution in [2.45, 2.75) is 77.4 Å². The van der Waals surface area contributed by atoms with E-state index < -0.39 is 11.7 Å². The second-order valence-electron chi connectivity index (χ2n) is 7.93. The molecule has 1 aliphatic heterocycles. The van der Waals surface area contributed by atoms with Crippen molar-refractivity contribution >= 4 is 22.9 Å². The lowest BCUT2D eigenvalue weighted by Gasteiger charge is -2.34. The molecule has 1 aromatic carbocycles. The Bertz CT molecular complexity index is 875. The molecule has 1 aliphatic rings. The van der Waals surface area contributed by atoms with E-state index in [-0.39, 0.29) is 11.9 Å². The first-order valence-electron chi connectivity index (χ1n) is 10.8. The second-order valence-corrected chi connectivity index (χ2v) is 7.93. The van der Waals surface area contributed by atoms with Crippen LogP contribution in [0.1, 0.15) is 64.9 Å². The van der Waals surface area contributed by atoms with E-state index in [0.717, 1.165) is 55.0 Å². The molecule has 1 atom stereocenters. The number of aromatic amines is 1. The Kier molecular flexibility index (Phi) is 6.78. The maximum absolute atomic E-state index is 12.9. The summed E-state index contributed by atoms with van der Waals surface area (Å²) >= 11 is 0. The zero-order valence-electron chi connectivity index (χ0n) is 17.7. The highest BCUT2D eigenvalue weighted by molar-refractivity contribution is 6.00. The summed E-state index contributed by atoms with van der Waals surface area (Å²) in [5, 5.41) is 1.13. The lowest BCUT2D eigenvalue weighted by molar-refractivity contribution is -0.124. The Morgan fingerprint density at radius 1 is 1.21 bits per heavy atom. The van der Waals surface area contributed by atoms with Gasteiger partial charge in [0.25, 0.3) is 5.91 Å². The molecule has 0 spiro atoms. The number of ether oxygens (including phenoxy) is 1. The zero-order valence-corrected chi connectivity index (χ0v) is 17.7. The molecule has 0 bridgehead atoms. The Hall–Kier alpha value is -2.56. The lowest BCUT2D eigenvalue weighted by Crippen LogP contribution is -2.48. The number of fused-ring (bicyclic) bond motifs is 1. The number of carbonyl (C=O) groups is 2. The first kappa shape index (κ1) is 21.2. The van der Waals surface area contributed by atoms with Crippen LogP contribution in [0.15, 0.2) is 42.6 Å². The number of benzene rings is 1. The third-order valence-corrected chi connectivity index (χ3v) is 5.95. The van der Waals surface area contributed by atoms with Gasteiger partial charge in [-0.1, -0.05) is 51.0 Å². The molecule has 1 N–H and O–H groups in total. The summed E-state index contributed by atoms with van der Waals surface area (Å²) in [5.41, 5.74) is 1.55. The average molecular weight is 397 g/mol. The fourth-order valence-corrected chi connectivity index (χ4v) is 4.42. The van der Waals surface area contributed by atoms with Crippen molar-refractivity contribution in [3.8, 4) is 0 Å². The number of amides is 2. The number of hydrogen-bond donors (Lipinski definition) is 1. The molecule has 1 aromatic heterocycles. The number of aromatic nitrogens is 1. The summed E-state index contributed by atoms with van der Waals surface area (Å²) in [7, 11) is 0. The molecule has 0 aliphatic carbocycles. The molecule has 5 nitrogen and oxygen atoms in total. The van der Waals surface area contributed by atoms with E-state index in [4.69, 9.17) is 4.74 Å². The molecule has 2 amide bonds. The number of hydrogen-bond acceptors (Lipinski definition) is 3. The number of unbranched alkanes of at least 4 members (excludes halogenated alkanes) is 2. The topological polar surface area (TPSA) is 62.4 Å². The van der Waals surface area contributed by atoms with E-state index >= 15 is 0 Å². The summed E-state index contributed by atoms with van der Waals surface area (Å²) in [6.45, 7) is 6.07. The highest BCUT2D eigenvalue weighted by Gasteiger charge is 2.54. The molecule has 3 rings (SSSR count). The summed E-state index contributed by atoms with van der Waals surface area (Å²) in [4.78, 5) is 30.4. The van der Waals surface area contributed by atoms with Gasteiger partial charge in [0.15, 0.2) is 0 Å². The summed E-state index contributed by atoms with van der Waals surface area (Å²) < 4.78 is 6.03. The number of nitrogens with one attached hydrogen (secondary N) is 1. The van der Waals surface area contributed by atoms with Crippen LogP contribution in [0.4, 0.5) is 4.79 Å². The van der Waals surface area contributed by atoms with Gasteiger partial charge in [0.1, 0.15) is 5.60 Å². The van der Waals surface area contributed by atoms with E-state index in [1.165, 1.54) is 11.0 Å². The Morgan fingerprint density at radius 2 is 1.90 bits per heavy atom. The van der Waals surface area contributed by atoms with Gasteiger partial charge < -0.3 is 9.72 Å². The lowest BCUT2D eigenvalue weighted by atomic mass is 9.81. The van der Waals surface area contributed by atoms with Gasteiger partial charge in [0.05, 0.1) is 6.04 Å². The van der Waals surface area contributed by atoms with Crippen LogP contribution >= 0.6 is 0 Å². The van der Waals surface area contributed by atoms with Crippen LogP contribution in [0, 0.1) is 0 Å². The van der Waals surface area contributed by atoms with Gasteiger partial charge in [0, 0.05) is 17.1 Å². The average Bonchev–Trinajstić information content (AvgIpc) is 3.24. The van der Waals surface area contributed by atoms with E-state index in [0.29, 0.717) is 6.42 Å². The predicted molar refractivity (Wildman–Crippen MR) is 116 cm³/mol. The molecule has 156 valence electrons. The van der Waals surface area contributed by atoms with Crippen molar-refractivity contribution in [2.24, 2.45) is 0 Å². The quantitative estimate of drug-likeness (QED) is 0.549. The van der Waals surface area contributed by atoms with Gasteiger partial charge in [-0.2, -0.15) is 0 Å². The molecule has 5 heteroatoms. The van der Waals surface area contributed by atoms with Gasteiger partial charge in [-0.25, -0.2) is 9.69 Å². The highest BCUT2D eigenvalue weighted by atomic mass is 16.6. The Morgan fingerprint density at radius 3 is 2.55 bits per heavy atom. The van der Waals surface area contributed by atoms with Crippen LogP contribution in [-0.4, -0.2) is 33.5 Å². The fourth-order valence-electron chi connectivity index (χ4n) is 4.42. The normalized spacial score (nSPS) is 18.7. The van der Waals surface area contributed by atoms with Crippen LogP contribution in [0.5, 0.6) is 0 Å². The van der Waals surface area contributed by atoms with Crippen molar-refractivity contribution in [2.75, 3.05) is 0 Å². The molecular formula is C24H32N2O3. The fraction of sp³-hybridized carbons (Fsp3) is 0.500. The molecule has 2 heterocycles. The minimum absolute atomic E-state index is 0.294. The van der Waals surface area contributed by atoms with Gasteiger partial charge in [0.2, 0.25) is 0 Å². The van der Waals surface area contributed by atoms with Crippen molar-refractivity contribution < 1.29 is 14.3 Å². The van der Waals surface area contributed by atoms with Gasteiger partial charge in [-0.15, -0.1) is 0 Å². The zero-order chi connectivity index (χ0) is 20.9. The van der Waals surface area contributed by atoms with E-state index in [1.54, 1.807) is 13.0 Å². The summed E-state index contributed by atoms with van der Waals surface area (Å²) in [6.07, 6.45) is 10.7. The largest absolute Gasteiger partial charge is 0.440 e. The molecule has 0 saturated carbocycles. The number of H-pyrrole nitrogens is 1. The van der Waals surface area contributed by atoms with E-state index in [2.05, 4.69) is 24.9 Å². The maximum atomic E-state index is 12.9. The first-order chi connectivity index (χ1) is 14.1. The second kappa shape index (κ2) is 9.29. The number of para-hydroxylation sites is 1. The number of carbonyl (C=O) groups excluding carboxylic acids is 2. The standard InChI is InChI=1S/C24H32N2O3/c1-4-7-14-24(15-8-5-2)21(26(23(28)29-24)22(27)11-6-3)16-18-17-25-20-13-10-9-12-19(18)20/h6,9-13,17,21,25H,4-5,7-8,14-16H2,1-3H3/b11-6+/t21-/m0/s1. The number of allylic oxidation sites excluding steroid dienone is 1. The predicted octanol–water partition coefficient (Wildman–Crippen LogP) is 5.75. The Labute approximate surface area is 173 Å². The summed E-state index contributed by atoms with van der Waals surface area (Å²) in [6, 6.07) is 7.83. The van der Waals surface area contributed by atoms with Gasteiger partial charge in [-0.3, -0.25) is 4.79 Å². The number of nitrogens with zero attached hydrogens (tertiary/aromatic N) is 1. The van der Waals surface area contributed by atoms with Crippen LogP contribution in [-0.2, 0) is 16.0 Å². The van der Waals surface area contributed by atoms with Gasteiger partial charge >= 0.3 is 6.09 Å². The van der Waals surface area contributed by atoms with Crippen LogP contribution in [0.2, 0.25) is 0 Å². The minimum Gasteiger partial charge on any atom is -0.440 e. The van der Waals surface area contributed by atoms with E-state index in [9.17, 15) is 9.59 Å².